The van der Waals surface area contributed by atoms with E-state index in [0.717, 1.165) is 18.2 Å². The van der Waals surface area contributed by atoms with Crippen molar-refractivity contribution in [1.29, 1.82) is 0 Å². The number of carbonyl (C=O) groups excluding carboxylic acids is 2. The SMILES string of the molecule is COc1ccc(C(=O)c2c(O)cc(O)c([C@@H]3O[C@H](CO)[C@@H](OC(=O)/C=C/c4cc(O)c(O)c(OC)c4)[C@H](O)[C@H]3O)c2O)cc1OC. The van der Waals surface area contributed by atoms with E-state index in [1.54, 1.807) is 0 Å². The number of hydrogen-bond donors (Lipinski definition) is 8. The van der Waals surface area contributed by atoms with Gasteiger partial charge in [-0.15, -0.1) is 0 Å². The molecule has 1 aliphatic rings. The summed E-state index contributed by atoms with van der Waals surface area (Å²) in [5.41, 5.74) is -1.11. The Morgan fingerprint density at radius 1 is 0.804 bits per heavy atom. The first-order valence-corrected chi connectivity index (χ1v) is 13.5. The van der Waals surface area contributed by atoms with Gasteiger partial charge in [-0.1, -0.05) is 0 Å². The Morgan fingerprint density at radius 3 is 2.11 bits per heavy atom. The highest BCUT2D eigenvalue weighted by atomic mass is 16.6. The van der Waals surface area contributed by atoms with Crippen molar-refractivity contribution in [3.05, 3.63) is 64.7 Å². The van der Waals surface area contributed by atoms with E-state index in [1.807, 2.05) is 0 Å². The van der Waals surface area contributed by atoms with E-state index in [1.165, 1.54) is 51.7 Å². The maximum atomic E-state index is 13.4. The average molecular weight is 645 g/mol. The second-order valence-electron chi connectivity index (χ2n) is 10.0. The summed E-state index contributed by atoms with van der Waals surface area (Å²) in [5, 5.41) is 83.7. The molecule has 3 aromatic carbocycles. The van der Waals surface area contributed by atoms with Gasteiger partial charge in [-0.3, -0.25) is 4.79 Å². The van der Waals surface area contributed by atoms with Crippen molar-refractivity contribution in [1.82, 2.24) is 0 Å². The van der Waals surface area contributed by atoms with Crippen molar-refractivity contribution in [2.45, 2.75) is 30.5 Å². The molecule has 15 nitrogen and oxygen atoms in total. The zero-order chi connectivity index (χ0) is 33.9. The van der Waals surface area contributed by atoms with E-state index in [2.05, 4.69) is 0 Å². The van der Waals surface area contributed by atoms with Crippen molar-refractivity contribution in [3.8, 4) is 46.0 Å². The summed E-state index contributed by atoms with van der Waals surface area (Å²) in [4.78, 5) is 26.0. The van der Waals surface area contributed by atoms with Crippen LogP contribution in [-0.2, 0) is 14.3 Å². The molecule has 1 fully saturated rings. The zero-order valence-electron chi connectivity index (χ0n) is 24.6. The van der Waals surface area contributed by atoms with Crippen LogP contribution in [0.3, 0.4) is 0 Å². The van der Waals surface area contributed by atoms with E-state index in [9.17, 15) is 50.4 Å². The van der Waals surface area contributed by atoms with Crippen LogP contribution < -0.4 is 14.2 Å². The van der Waals surface area contributed by atoms with Gasteiger partial charge in [-0.25, -0.2) is 4.79 Å². The molecule has 0 aliphatic carbocycles. The Hall–Kier alpha value is -5.22. The van der Waals surface area contributed by atoms with Crippen LogP contribution in [0.1, 0.15) is 33.2 Å². The third-order valence-corrected chi connectivity index (χ3v) is 7.28. The number of ether oxygens (including phenoxy) is 5. The molecule has 0 aromatic heterocycles. The van der Waals surface area contributed by atoms with Crippen LogP contribution in [-0.4, -0.2) is 105 Å². The highest BCUT2D eigenvalue weighted by Gasteiger charge is 2.49. The summed E-state index contributed by atoms with van der Waals surface area (Å²) in [7, 11) is 3.98. The number of aliphatic hydroxyl groups is 3. The molecule has 0 bridgehead atoms. The highest BCUT2D eigenvalue weighted by molar-refractivity contribution is 6.13. The molecule has 8 N–H and O–H groups in total. The van der Waals surface area contributed by atoms with E-state index >= 15 is 0 Å². The third kappa shape index (κ3) is 6.43. The molecule has 0 saturated carbocycles. The summed E-state index contributed by atoms with van der Waals surface area (Å²) in [6.45, 7) is -0.873. The normalized spacial score (nSPS) is 21.1. The van der Waals surface area contributed by atoms with Crippen molar-refractivity contribution in [2.24, 2.45) is 0 Å². The van der Waals surface area contributed by atoms with Crippen LogP contribution in [0, 0.1) is 0 Å². The minimum atomic E-state index is -2.01. The molecule has 5 atom stereocenters. The number of ketones is 1. The fraction of sp³-hybridized carbons (Fsp3) is 0.290. The van der Waals surface area contributed by atoms with E-state index in [0.29, 0.717) is 5.75 Å². The first-order chi connectivity index (χ1) is 21.9. The van der Waals surface area contributed by atoms with Gasteiger partial charge >= 0.3 is 5.97 Å². The summed E-state index contributed by atoms with van der Waals surface area (Å²) >= 11 is 0. The topological polar surface area (TPSA) is 242 Å². The molecule has 46 heavy (non-hydrogen) atoms. The lowest BCUT2D eigenvalue weighted by Gasteiger charge is -2.42. The van der Waals surface area contributed by atoms with Crippen molar-refractivity contribution in [3.63, 3.8) is 0 Å². The monoisotopic (exact) mass is 644 g/mol. The Morgan fingerprint density at radius 2 is 1.48 bits per heavy atom. The van der Waals surface area contributed by atoms with E-state index < -0.39 is 88.8 Å². The van der Waals surface area contributed by atoms with E-state index in [4.69, 9.17) is 23.7 Å². The number of benzene rings is 3. The third-order valence-electron chi connectivity index (χ3n) is 7.28. The van der Waals surface area contributed by atoms with Crippen LogP contribution >= 0.6 is 0 Å². The summed E-state index contributed by atoms with van der Waals surface area (Å²) in [5.74, 6) is -5.26. The Labute approximate surface area is 261 Å². The number of methoxy groups -OCH3 is 3. The summed E-state index contributed by atoms with van der Waals surface area (Å²) in [6.07, 6.45) is -6.84. The van der Waals surface area contributed by atoms with Gasteiger partial charge in [0.05, 0.1) is 33.5 Å². The second-order valence-corrected chi connectivity index (χ2v) is 10.0. The van der Waals surface area contributed by atoms with Gasteiger partial charge in [0.2, 0.25) is 11.5 Å². The van der Waals surface area contributed by atoms with Gasteiger partial charge in [0, 0.05) is 17.7 Å². The Balaban J connectivity index is 1.61. The minimum Gasteiger partial charge on any atom is -0.507 e. The predicted molar refractivity (Wildman–Crippen MR) is 156 cm³/mol. The number of phenolic OH excluding ortho intramolecular Hbond substituents is 5. The van der Waals surface area contributed by atoms with Crippen molar-refractivity contribution in [2.75, 3.05) is 27.9 Å². The molecule has 0 unspecified atom stereocenters. The van der Waals surface area contributed by atoms with Gasteiger partial charge in [-0.05, 0) is 42.0 Å². The van der Waals surface area contributed by atoms with E-state index in [-0.39, 0.29) is 22.6 Å². The standard InChI is InChI=1S/C31H32O15/c1-42-18-6-5-14(10-19(18)43-2)25(37)23-15(33)11-16(34)24(27(23)39)31-29(41)28(40)30(21(12-32)45-31)46-22(36)7-4-13-8-17(35)26(38)20(9-13)44-3/h4-11,21,28-35,38-41H,12H2,1-3H3/b7-4+/t21-,28-,29-,30-,31+/m1/s1. The van der Waals surface area contributed by atoms with Crippen LogP contribution in [0.4, 0.5) is 0 Å². The quantitative estimate of drug-likeness (QED) is 0.0670. The smallest absolute Gasteiger partial charge is 0.331 e. The van der Waals surface area contributed by atoms with Crippen LogP contribution in [0.25, 0.3) is 6.08 Å². The average Bonchev–Trinajstić information content (AvgIpc) is 3.03. The highest BCUT2D eigenvalue weighted by Crippen LogP contribution is 2.47. The van der Waals surface area contributed by atoms with Gasteiger partial charge in [0.15, 0.2) is 29.1 Å². The number of aromatic hydroxyl groups is 5. The lowest BCUT2D eigenvalue weighted by atomic mass is 9.88. The predicted octanol–water partition coefficient (Wildman–Crippen LogP) is 1.25. The molecular formula is C31H32O15. The largest absolute Gasteiger partial charge is 0.507 e. The molecule has 246 valence electrons. The van der Waals surface area contributed by atoms with Gasteiger partial charge < -0.3 is 64.5 Å². The first-order valence-electron chi connectivity index (χ1n) is 13.5. The minimum absolute atomic E-state index is 0.0562. The fourth-order valence-corrected chi connectivity index (χ4v) is 4.96. The van der Waals surface area contributed by atoms with Crippen LogP contribution in [0.5, 0.6) is 46.0 Å². The summed E-state index contributed by atoms with van der Waals surface area (Å²) < 4.78 is 26.2. The lowest BCUT2D eigenvalue weighted by molar-refractivity contribution is -0.240. The molecule has 3 aromatic rings. The zero-order valence-corrected chi connectivity index (χ0v) is 24.6. The Bertz CT molecular complexity index is 1650. The second kappa shape index (κ2) is 13.8. The molecule has 1 saturated heterocycles. The number of hydrogen-bond acceptors (Lipinski definition) is 15. The van der Waals surface area contributed by atoms with Crippen LogP contribution in [0.2, 0.25) is 0 Å². The number of phenols is 5. The first kappa shape index (κ1) is 33.7. The number of carbonyl (C=O) groups is 2. The number of rotatable bonds is 10. The van der Waals surface area contributed by atoms with Gasteiger partial charge in [0.25, 0.3) is 0 Å². The molecule has 1 aliphatic heterocycles. The molecule has 4 rings (SSSR count). The molecular weight excluding hydrogens is 612 g/mol. The van der Waals surface area contributed by atoms with Crippen LogP contribution in [0.15, 0.2) is 42.5 Å². The van der Waals surface area contributed by atoms with Gasteiger partial charge in [-0.2, -0.15) is 0 Å². The Kier molecular flexibility index (Phi) is 10.1. The molecule has 1 heterocycles. The van der Waals surface area contributed by atoms with Gasteiger partial charge in [0.1, 0.15) is 47.2 Å². The molecule has 0 radical (unpaired) electrons. The molecule has 15 heteroatoms. The maximum absolute atomic E-state index is 13.4. The fourth-order valence-electron chi connectivity index (χ4n) is 4.96. The lowest BCUT2D eigenvalue weighted by Crippen LogP contribution is -2.56. The molecule has 0 amide bonds. The summed E-state index contributed by atoms with van der Waals surface area (Å²) in [6, 6.07) is 7.21. The van der Waals surface area contributed by atoms with Crippen molar-refractivity contribution < 1.29 is 74.1 Å². The number of aliphatic hydroxyl groups excluding tert-OH is 3. The maximum Gasteiger partial charge on any atom is 0.331 e. The number of esters is 1. The molecule has 0 spiro atoms. The van der Waals surface area contributed by atoms with Crippen molar-refractivity contribution >= 4 is 17.8 Å².